The summed E-state index contributed by atoms with van der Waals surface area (Å²) < 4.78 is 0. The maximum absolute atomic E-state index is 8.87. The second kappa shape index (κ2) is 8.76. The zero-order valence-electron chi connectivity index (χ0n) is 15.1. The topological polar surface area (TPSA) is 49.6 Å². The molecule has 0 amide bonds. The fourth-order valence-electron chi connectivity index (χ4n) is 3.92. The van der Waals surface area contributed by atoms with Crippen LogP contribution >= 0.6 is 0 Å². The predicted octanol–water partition coefficient (Wildman–Crippen LogP) is 5.55. The molecule has 3 rings (SSSR count). The lowest BCUT2D eigenvalue weighted by atomic mass is 9.78. The van der Waals surface area contributed by atoms with Crippen molar-refractivity contribution in [2.75, 3.05) is 0 Å². The maximum atomic E-state index is 8.87. The molecule has 0 bridgehead atoms. The molecular formula is C22H27N3. The average Bonchev–Trinajstić information content (AvgIpc) is 2.68. The Labute approximate surface area is 151 Å². The van der Waals surface area contributed by atoms with E-state index in [9.17, 15) is 0 Å². The van der Waals surface area contributed by atoms with Gasteiger partial charge >= 0.3 is 0 Å². The van der Waals surface area contributed by atoms with E-state index in [4.69, 9.17) is 5.26 Å². The van der Waals surface area contributed by atoms with Crippen LogP contribution in [0.2, 0.25) is 0 Å². The van der Waals surface area contributed by atoms with Crippen molar-refractivity contribution < 1.29 is 0 Å². The molecule has 1 aliphatic carbocycles. The van der Waals surface area contributed by atoms with Crippen molar-refractivity contribution in [1.29, 1.82) is 5.26 Å². The third kappa shape index (κ3) is 4.89. The number of hydrogen-bond acceptors (Lipinski definition) is 3. The fraction of sp³-hybridized carbons (Fsp3) is 0.500. The van der Waals surface area contributed by atoms with E-state index in [-0.39, 0.29) is 0 Å². The lowest BCUT2D eigenvalue weighted by Gasteiger charge is -2.28. The highest BCUT2D eigenvalue weighted by Crippen LogP contribution is 2.33. The van der Waals surface area contributed by atoms with Gasteiger partial charge in [0.1, 0.15) is 0 Å². The minimum absolute atomic E-state index is 0.669. The minimum Gasteiger partial charge on any atom is -0.257 e. The van der Waals surface area contributed by atoms with Crippen LogP contribution in [0.3, 0.4) is 0 Å². The summed E-state index contributed by atoms with van der Waals surface area (Å²) >= 11 is 0. The number of aryl methyl sites for hydroxylation is 1. The molecule has 0 unspecified atom stereocenters. The van der Waals surface area contributed by atoms with Gasteiger partial charge in [0.2, 0.25) is 0 Å². The van der Waals surface area contributed by atoms with Crippen molar-refractivity contribution >= 4 is 0 Å². The molecule has 1 saturated carbocycles. The van der Waals surface area contributed by atoms with Crippen LogP contribution in [0.25, 0.3) is 11.3 Å². The molecule has 1 fully saturated rings. The van der Waals surface area contributed by atoms with Crippen LogP contribution in [0.1, 0.15) is 63.1 Å². The molecule has 0 aliphatic heterocycles. The quantitative estimate of drug-likeness (QED) is 0.696. The van der Waals surface area contributed by atoms with Gasteiger partial charge < -0.3 is 0 Å². The first-order valence-electron chi connectivity index (χ1n) is 9.60. The number of hydrogen-bond donors (Lipinski definition) is 0. The summed E-state index contributed by atoms with van der Waals surface area (Å²) in [4.78, 5) is 9.16. The molecule has 1 aromatic carbocycles. The molecule has 1 aliphatic rings. The van der Waals surface area contributed by atoms with Crippen molar-refractivity contribution in [3.05, 3.63) is 47.9 Å². The van der Waals surface area contributed by atoms with E-state index >= 15 is 0 Å². The Hall–Kier alpha value is -2.21. The summed E-state index contributed by atoms with van der Waals surface area (Å²) in [7, 11) is 0. The Kier molecular flexibility index (Phi) is 6.17. The molecule has 2 aromatic rings. The van der Waals surface area contributed by atoms with Gasteiger partial charge in [-0.05, 0) is 36.8 Å². The van der Waals surface area contributed by atoms with E-state index in [0.29, 0.717) is 5.56 Å². The summed E-state index contributed by atoms with van der Waals surface area (Å²) in [5, 5.41) is 8.87. The molecule has 0 saturated heterocycles. The van der Waals surface area contributed by atoms with E-state index in [1.54, 1.807) is 0 Å². The van der Waals surface area contributed by atoms with Crippen LogP contribution in [0.4, 0.5) is 0 Å². The molecular weight excluding hydrogens is 306 g/mol. The van der Waals surface area contributed by atoms with Crippen LogP contribution in [0.15, 0.2) is 36.7 Å². The molecule has 0 N–H and O–H groups in total. The van der Waals surface area contributed by atoms with Gasteiger partial charge in [0.05, 0.1) is 29.2 Å². The first-order chi connectivity index (χ1) is 12.3. The SMILES string of the molecule is CCC[C@H]1CC[C@H](CCc2cnc(-c3ccc(C#N)cc3)cn2)CC1. The first kappa shape index (κ1) is 17.6. The molecule has 130 valence electrons. The normalized spacial score (nSPS) is 20.2. The summed E-state index contributed by atoms with van der Waals surface area (Å²) in [6.07, 6.45) is 14.4. The molecule has 1 heterocycles. The van der Waals surface area contributed by atoms with Gasteiger partial charge in [-0.3, -0.25) is 9.97 Å². The van der Waals surface area contributed by atoms with Crippen LogP contribution in [-0.2, 0) is 6.42 Å². The molecule has 0 atom stereocenters. The zero-order chi connectivity index (χ0) is 17.5. The molecule has 1 aromatic heterocycles. The maximum Gasteiger partial charge on any atom is 0.0991 e. The first-order valence-corrected chi connectivity index (χ1v) is 9.60. The largest absolute Gasteiger partial charge is 0.257 e. The van der Waals surface area contributed by atoms with Crippen LogP contribution < -0.4 is 0 Å². The molecule has 25 heavy (non-hydrogen) atoms. The Morgan fingerprint density at radius 3 is 2.20 bits per heavy atom. The highest BCUT2D eigenvalue weighted by Gasteiger charge is 2.20. The summed E-state index contributed by atoms with van der Waals surface area (Å²) in [5.41, 5.74) is 3.63. The molecule has 3 nitrogen and oxygen atoms in total. The molecule has 0 radical (unpaired) electrons. The highest BCUT2D eigenvalue weighted by molar-refractivity contribution is 5.59. The Morgan fingerprint density at radius 2 is 1.64 bits per heavy atom. The Morgan fingerprint density at radius 1 is 0.960 bits per heavy atom. The standard InChI is InChI=1S/C22H27N3/c1-2-3-17-4-6-18(7-5-17)10-13-21-15-25-22(16-24-21)20-11-8-19(14-23)9-12-20/h8-9,11-12,15-18H,2-7,10,13H2,1H3/t17-,18-. The lowest BCUT2D eigenvalue weighted by Crippen LogP contribution is -2.15. The zero-order valence-corrected chi connectivity index (χ0v) is 15.1. The minimum atomic E-state index is 0.669. The monoisotopic (exact) mass is 333 g/mol. The summed E-state index contributed by atoms with van der Waals surface area (Å²) in [6.45, 7) is 2.30. The van der Waals surface area contributed by atoms with E-state index in [1.165, 1.54) is 44.9 Å². The number of benzene rings is 1. The van der Waals surface area contributed by atoms with Crippen molar-refractivity contribution in [3.8, 4) is 17.3 Å². The highest BCUT2D eigenvalue weighted by atomic mass is 14.8. The second-order valence-electron chi connectivity index (χ2n) is 7.30. The van der Waals surface area contributed by atoms with Crippen LogP contribution in [0, 0.1) is 23.2 Å². The lowest BCUT2D eigenvalue weighted by molar-refractivity contribution is 0.252. The third-order valence-corrected chi connectivity index (χ3v) is 5.49. The Balaban J connectivity index is 1.50. The smallest absolute Gasteiger partial charge is 0.0991 e. The van der Waals surface area contributed by atoms with Gasteiger partial charge in [0, 0.05) is 11.8 Å². The number of nitriles is 1. The number of nitrogens with zero attached hydrogens (tertiary/aromatic N) is 3. The third-order valence-electron chi connectivity index (χ3n) is 5.49. The molecule has 3 heteroatoms. The second-order valence-corrected chi connectivity index (χ2v) is 7.30. The Bertz CT molecular complexity index is 690. The van der Waals surface area contributed by atoms with E-state index in [2.05, 4.69) is 23.0 Å². The summed E-state index contributed by atoms with van der Waals surface area (Å²) in [5.74, 6) is 1.85. The van der Waals surface area contributed by atoms with Gasteiger partial charge in [-0.15, -0.1) is 0 Å². The van der Waals surface area contributed by atoms with Gasteiger partial charge in [0.15, 0.2) is 0 Å². The van der Waals surface area contributed by atoms with Crippen LogP contribution in [0.5, 0.6) is 0 Å². The fourth-order valence-corrected chi connectivity index (χ4v) is 3.92. The van der Waals surface area contributed by atoms with Gasteiger partial charge in [-0.1, -0.05) is 57.6 Å². The van der Waals surface area contributed by atoms with Crippen LogP contribution in [-0.4, -0.2) is 9.97 Å². The van der Waals surface area contributed by atoms with Gasteiger partial charge in [-0.2, -0.15) is 5.26 Å². The van der Waals surface area contributed by atoms with Gasteiger partial charge in [-0.25, -0.2) is 0 Å². The van der Waals surface area contributed by atoms with Crippen molar-refractivity contribution in [1.82, 2.24) is 9.97 Å². The number of aromatic nitrogens is 2. The van der Waals surface area contributed by atoms with E-state index < -0.39 is 0 Å². The summed E-state index contributed by atoms with van der Waals surface area (Å²) in [6, 6.07) is 9.63. The van der Waals surface area contributed by atoms with E-state index in [1.807, 2.05) is 36.7 Å². The average molecular weight is 333 g/mol. The van der Waals surface area contributed by atoms with Crippen molar-refractivity contribution in [2.24, 2.45) is 11.8 Å². The number of rotatable bonds is 6. The van der Waals surface area contributed by atoms with Crippen molar-refractivity contribution in [2.45, 2.75) is 58.3 Å². The predicted molar refractivity (Wildman–Crippen MR) is 101 cm³/mol. The van der Waals surface area contributed by atoms with Crippen molar-refractivity contribution in [3.63, 3.8) is 0 Å². The molecule has 0 spiro atoms. The van der Waals surface area contributed by atoms with E-state index in [0.717, 1.165) is 35.2 Å². The van der Waals surface area contributed by atoms with Gasteiger partial charge in [0.25, 0.3) is 0 Å².